The molecule has 2 aromatic carbocycles. The van der Waals surface area contributed by atoms with Crippen LogP contribution in [0.3, 0.4) is 0 Å². The van der Waals surface area contributed by atoms with Crippen molar-refractivity contribution in [2.75, 3.05) is 13.2 Å². The van der Waals surface area contributed by atoms with E-state index in [1.165, 1.54) is 18.4 Å². The quantitative estimate of drug-likeness (QED) is 0.174. The van der Waals surface area contributed by atoms with Crippen molar-refractivity contribution in [3.05, 3.63) is 81.8 Å². The van der Waals surface area contributed by atoms with Gasteiger partial charge < -0.3 is 29.4 Å². The Balaban J connectivity index is 1.79. The summed E-state index contributed by atoms with van der Waals surface area (Å²) >= 11 is 0. The third-order valence-corrected chi connectivity index (χ3v) is 5.27. The molecule has 0 spiro atoms. The van der Waals surface area contributed by atoms with Gasteiger partial charge in [0.2, 0.25) is 0 Å². The maximum atomic E-state index is 11.3. The molecule has 33 heavy (non-hydrogen) atoms. The Labute approximate surface area is 192 Å². The summed E-state index contributed by atoms with van der Waals surface area (Å²) in [5, 5.41) is 25.5. The van der Waals surface area contributed by atoms with E-state index >= 15 is 0 Å². The normalized spacial score (nSPS) is 19.2. The molecule has 2 aromatic rings. The summed E-state index contributed by atoms with van der Waals surface area (Å²) in [6.45, 7) is 4.19. The van der Waals surface area contributed by atoms with Crippen LogP contribution >= 0.6 is 0 Å². The molecule has 0 aromatic heterocycles. The number of nitro benzene ring substituents is 1. The first-order chi connectivity index (χ1) is 15.8. The Hall–Kier alpha value is -3.43. The second kappa shape index (κ2) is 10.9. The van der Waals surface area contributed by atoms with Crippen molar-refractivity contribution in [1.82, 2.24) is 5.32 Å². The molecule has 3 rings (SSSR count). The van der Waals surface area contributed by atoms with Crippen molar-refractivity contribution in [3.63, 3.8) is 0 Å². The van der Waals surface area contributed by atoms with E-state index in [2.05, 4.69) is 5.32 Å². The number of carbonyl (C=O) groups is 1. The van der Waals surface area contributed by atoms with Gasteiger partial charge in [0.05, 0.1) is 24.1 Å². The number of rotatable bonds is 11. The van der Waals surface area contributed by atoms with Gasteiger partial charge in [-0.15, -0.1) is 0 Å². The molecule has 0 saturated carbocycles. The highest BCUT2D eigenvalue weighted by atomic mass is 16.6. The molecule has 1 heterocycles. The number of aliphatic hydroxyl groups excluding tert-OH is 1. The molecule has 0 aliphatic carbocycles. The topological polar surface area (TPSA) is 120 Å². The van der Waals surface area contributed by atoms with Crippen LogP contribution in [0.25, 0.3) is 0 Å². The fourth-order valence-electron chi connectivity index (χ4n) is 3.48. The van der Waals surface area contributed by atoms with Crippen LogP contribution in [0.15, 0.2) is 60.6 Å². The number of aldehydes is 1. The standard InChI is InChI=1S/C24H28N2O7/c1-24(2)23(28)22(20-13-18(26(29)30)9-10-21(20)33-24)25-14-19(16-31-12-6-11-27)32-15-17-7-4-3-5-8-17/h3-5,7-11,13,16,22-23,25,28H,6,12,14-15H2,1-2H3/b19-16-. The Morgan fingerprint density at radius 1 is 1.27 bits per heavy atom. The minimum absolute atomic E-state index is 0.0932. The largest absolute Gasteiger partial charge is 0.497 e. The van der Waals surface area contributed by atoms with Crippen LogP contribution in [-0.4, -0.2) is 41.2 Å². The summed E-state index contributed by atoms with van der Waals surface area (Å²) in [7, 11) is 0. The Kier molecular flexibility index (Phi) is 8.02. The fourth-order valence-corrected chi connectivity index (χ4v) is 3.48. The molecule has 0 saturated heterocycles. The second-order valence-corrected chi connectivity index (χ2v) is 8.17. The molecule has 0 amide bonds. The second-order valence-electron chi connectivity index (χ2n) is 8.17. The molecule has 176 valence electrons. The highest BCUT2D eigenvalue weighted by Gasteiger charge is 2.43. The fraction of sp³-hybridized carbons (Fsp3) is 0.375. The molecule has 9 nitrogen and oxygen atoms in total. The lowest BCUT2D eigenvalue weighted by Gasteiger charge is -2.42. The van der Waals surface area contributed by atoms with Crippen LogP contribution in [0.4, 0.5) is 5.69 Å². The maximum absolute atomic E-state index is 11.3. The van der Waals surface area contributed by atoms with Crippen LogP contribution in [0.1, 0.15) is 37.4 Å². The van der Waals surface area contributed by atoms with Gasteiger partial charge >= 0.3 is 0 Å². The van der Waals surface area contributed by atoms with Crippen LogP contribution in [0.2, 0.25) is 0 Å². The monoisotopic (exact) mass is 456 g/mol. The van der Waals surface area contributed by atoms with Crippen molar-refractivity contribution >= 4 is 12.0 Å². The molecular weight excluding hydrogens is 428 g/mol. The molecule has 9 heteroatoms. The Morgan fingerprint density at radius 3 is 2.73 bits per heavy atom. The lowest BCUT2D eigenvalue weighted by Crippen LogP contribution is -2.52. The van der Waals surface area contributed by atoms with Gasteiger partial charge in [0, 0.05) is 24.1 Å². The molecular formula is C24H28N2O7. The van der Waals surface area contributed by atoms with E-state index in [0.717, 1.165) is 11.8 Å². The van der Waals surface area contributed by atoms with Crippen molar-refractivity contribution in [2.24, 2.45) is 0 Å². The van der Waals surface area contributed by atoms with Gasteiger partial charge in [0.15, 0.2) is 0 Å². The number of hydrogen-bond donors (Lipinski definition) is 2. The number of nitrogens with one attached hydrogen (secondary N) is 1. The van der Waals surface area contributed by atoms with E-state index in [1.54, 1.807) is 19.9 Å². The Morgan fingerprint density at radius 2 is 2.03 bits per heavy atom. The minimum atomic E-state index is -0.988. The van der Waals surface area contributed by atoms with Crippen molar-refractivity contribution in [2.45, 2.75) is 44.6 Å². The number of benzene rings is 2. The molecule has 2 unspecified atom stereocenters. The van der Waals surface area contributed by atoms with Crippen molar-refractivity contribution in [1.29, 1.82) is 0 Å². The van der Waals surface area contributed by atoms with E-state index in [9.17, 15) is 20.0 Å². The number of nitrogens with zero attached hydrogens (tertiary/aromatic N) is 1. The van der Waals surface area contributed by atoms with Crippen LogP contribution in [-0.2, 0) is 20.9 Å². The van der Waals surface area contributed by atoms with Crippen LogP contribution < -0.4 is 10.1 Å². The van der Waals surface area contributed by atoms with Gasteiger partial charge in [0.1, 0.15) is 42.4 Å². The zero-order chi connectivity index (χ0) is 23.8. The molecule has 0 bridgehead atoms. The number of non-ortho nitro benzene ring substituents is 1. The number of carbonyl (C=O) groups excluding carboxylic acids is 1. The van der Waals surface area contributed by atoms with E-state index in [1.807, 2.05) is 30.3 Å². The van der Waals surface area contributed by atoms with Crippen molar-refractivity contribution in [3.8, 4) is 5.75 Å². The molecule has 0 radical (unpaired) electrons. The van der Waals surface area contributed by atoms with E-state index in [-0.39, 0.29) is 25.3 Å². The van der Waals surface area contributed by atoms with Gasteiger partial charge in [-0.2, -0.15) is 0 Å². The number of aliphatic hydroxyl groups is 1. The average molecular weight is 456 g/mol. The third-order valence-electron chi connectivity index (χ3n) is 5.27. The molecule has 2 N–H and O–H groups in total. The molecule has 1 aliphatic rings. The van der Waals surface area contributed by atoms with Crippen molar-refractivity contribution < 1.29 is 29.0 Å². The van der Waals surface area contributed by atoms with Crippen LogP contribution in [0, 0.1) is 10.1 Å². The van der Waals surface area contributed by atoms with E-state index < -0.39 is 22.7 Å². The highest BCUT2D eigenvalue weighted by Crippen LogP contribution is 2.41. The summed E-state index contributed by atoms with van der Waals surface area (Å²) in [5.41, 5.74) is 0.435. The zero-order valence-electron chi connectivity index (χ0n) is 18.6. The summed E-state index contributed by atoms with van der Waals surface area (Å²) in [6, 6.07) is 13.3. The van der Waals surface area contributed by atoms with Crippen LogP contribution in [0.5, 0.6) is 5.75 Å². The lowest BCUT2D eigenvalue weighted by molar-refractivity contribution is -0.385. The van der Waals surface area contributed by atoms with Gasteiger partial charge in [-0.3, -0.25) is 10.1 Å². The van der Waals surface area contributed by atoms with Gasteiger partial charge in [0.25, 0.3) is 5.69 Å². The molecule has 0 fully saturated rings. The van der Waals surface area contributed by atoms with Gasteiger partial charge in [-0.05, 0) is 25.5 Å². The molecule has 1 aliphatic heterocycles. The number of nitro groups is 1. The molecule has 2 atom stereocenters. The number of hydrogen-bond acceptors (Lipinski definition) is 8. The summed E-state index contributed by atoms with van der Waals surface area (Å²) in [6.07, 6.45) is 1.46. The van der Waals surface area contributed by atoms with E-state index in [0.29, 0.717) is 23.7 Å². The predicted molar refractivity (Wildman–Crippen MR) is 121 cm³/mol. The first-order valence-corrected chi connectivity index (χ1v) is 10.6. The minimum Gasteiger partial charge on any atom is -0.497 e. The summed E-state index contributed by atoms with van der Waals surface area (Å²) < 4.78 is 17.2. The van der Waals surface area contributed by atoms with E-state index in [4.69, 9.17) is 14.2 Å². The lowest BCUT2D eigenvalue weighted by atomic mass is 9.86. The summed E-state index contributed by atoms with van der Waals surface area (Å²) in [4.78, 5) is 21.3. The average Bonchev–Trinajstić information content (AvgIpc) is 2.80. The first-order valence-electron chi connectivity index (χ1n) is 10.6. The smallest absolute Gasteiger partial charge is 0.270 e. The van der Waals surface area contributed by atoms with Gasteiger partial charge in [-0.25, -0.2) is 0 Å². The third kappa shape index (κ3) is 6.30. The summed E-state index contributed by atoms with van der Waals surface area (Å²) in [5.74, 6) is 0.916. The Bertz CT molecular complexity index is 992. The number of ether oxygens (including phenoxy) is 3. The zero-order valence-corrected chi connectivity index (χ0v) is 18.6. The predicted octanol–water partition coefficient (Wildman–Crippen LogP) is 3.42. The van der Waals surface area contributed by atoms with Gasteiger partial charge in [-0.1, -0.05) is 30.3 Å². The number of fused-ring (bicyclic) bond motifs is 1. The SMILES string of the molecule is CC1(C)Oc2ccc([N+](=O)[O-])cc2C(NC/C(=C/OCCC=O)OCc2ccccc2)C1O. The maximum Gasteiger partial charge on any atom is 0.270 e. The highest BCUT2D eigenvalue weighted by molar-refractivity contribution is 5.49. The first kappa shape index (κ1) is 24.2.